The highest BCUT2D eigenvalue weighted by atomic mass is 35.5. The van der Waals surface area contributed by atoms with Crippen LogP contribution in [-0.4, -0.2) is 28.6 Å². The van der Waals surface area contributed by atoms with Crippen molar-refractivity contribution in [3.05, 3.63) is 58.6 Å². The molecule has 0 unspecified atom stereocenters. The van der Waals surface area contributed by atoms with Crippen molar-refractivity contribution in [1.82, 2.24) is 9.88 Å². The summed E-state index contributed by atoms with van der Waals surface area (Å²) in [6.45, 7) is 2.69. The number of fused-ring (bicyclic) bond motifs is 1. The Hall–Kier alpha value is -1.56. The number of carbonyl (C=O) groups is 1. The summed E-state index contributed by atoms with van der Waals surface area (Å²) in [6, 6.07) is 13.8. The molecule has 6 heteroatoms. The Kier molecular flexibility index (Phi) is 5.43. The molecule has 24 heavy (non-hydrogen) atoms. The number of aromatic nitrogens is 1. The average Bonchev–Trinajstić information content (AvgIpc) is 2.96. The average molecular weight is 377 g/mol. The number of rotatable bonds is 5. The van der Waals surface area contributed by atoms with Crippen molar-refractivity contribution >= 4 is 50.8 Å². The van der Waals surface area contributed by atoms with Gasteiger partial charge in [0, 0.05) is 18.6 Å². The highest BCUT2D eigenvalue weighted by Gasteiger charge is 2.13. The molecular weight excluding hydrogens is 360 g/mol. The van der Waals surface area contributed by atoms with Crippen LogP contribution in [0.1, 0.15) is 11.1 Å². The van der Waals surface area contributed by atoms with Gasteiger partial charge in [-0.25, -0.2) is 4.98 Å². The van der Waals surface area contributed by atoms with E-state index in [1.807, 2.05) is 37.4 Å². The molecule has 3 rings (SSSR count). The predicted molar refractivity (Wildman–Crippen MR) is 103 cm³/mol. The van der Waals surface area contributed by atoms with Crippen LogP contribution in [0.25, 0.3) is 10.2 Å². The number of carbonyl (C=O) groups excluding carboxylic acids is 1. The molecule has 0 radical (unpaired) electrons. The Balaban J connectivity index is 1.60. The van der Waals surface area contributed by atoms with Crippen LogP contribution in [0.4, 0.5) is 0 Å². The molecule has 1 heterocycles. The van der Waals surface area contributed by atoms with Crippen LogP contribution in [-0.2, 0) is 11.3 Å². The van der Waals surface area contributed by atoms with E-state index in [2.05, 4.69) is 24.0 Å². The van der Waals surface area contributed by atoms with Gasteiger partial charge in [-0.3, -0.25) is 4.79 Å². The Morgan fingerprint density at radius 1 is 1.29 bits per heavy atom. The number of benzene rings is 2. The Labute approximate surface area is 154 Å². The molecule has 0 atom stereocenters. The predicted octanol–water partition coefficient (Wildman–Crippen LogP) is 5.01. The maximum absolute atomic E-state index is 12.4. The van der Waals surface area contributed by atoms with Crippen LogP contribution in [0.15, 0.2) is 46.8 Å². The van der Waals surface area contributed by atoms with Crippen molar-refractivity contribution in [2.75, 3.05) is 12.8 Å². The first kappa shape index (κ1) is 17.3. The highest BCUT2D eigenvalue weighted by Crippen LogP contribution is 2.31. The fourth-order valence-corrected chi connectivity index (χ4v) is 4.46. The van der Waals surface area contributed by atoms with E-state index >= 15 is 0 Å². The highest BCUT2D eigenvalue weighted by molar-refractivity contribution is 8.01. The quantitative estimate of drug-likeness (QED) is 0.587. The van der Waals surface area contributed by atoms with Gasteiger partial charge < -0.3 is 4.90 Å². The second-order valence-electron chi connectivity index (χ2n) is 5.56. The van der Waals surface area contributed by atoms with Gasteiger partial charge in [0.15, 0.2) is 4.34 Å². The zero-order valence-electron chi connectivity index (χ0n) is 13.5. The van der Waals surface area contributed by atoms with E-state index in [0.29, 0.717) is 17.3 Å². The third-order valence-electron chi connectivity index (χ3n) is 3.74. The van der Waals surface area contributed by atoms with Crippen molar-refractivity contribution < 1.29 is 4.79 Å². The second-order valence-corrected chi connectivity index (χ2v) is 8.25. The zero-order chi connectivity index (χ0) is 17.1. The monoisotopic (exact) mass is 376 g/mol. The molecule has 2 aromatic carbocycles. The van der Waals surface area contributed by atoms with Gasteiger partial charge in [0.05, 0.1) is 16.0 Å². The Morgan fingerprint density at radius 2 is 2.08 bits per heavy atom. The smallest absolute Gasteiger partial charge is 0.233 e. The molecule has 1 amide bonds. The number of halogens is 1. The van der Waals surface area contributed by atoms with Crippen molar-refractivity contribution in [2.45, 2.75) is 17.8 Å². The number of hydrogen-bond acceptors (Lipinski definition) is 4. The van der Waals surface area contributed by atoms with Crippen LogP contribution in [0.2, 0.25) is 5.02 Å². The van der Waals surface area contributed by atoms with Crippen LogP contribution in [0.5, 0.6) is 0 Å². The fourth-order valence-electron chi connectivity index (χ4n) is 2.31. The Bertz CT molecular complexity index is 878. The van der Waals surface area contributed by atoms with Gasteiger partial charge in [0.25, 0.3) is 0 Å². The van der Waals surface area contributed by atoms with E-state index in [9.17, 15) is 4.79 Å². The number of thiazole rings is 1. The summed E-state index contributed by atoms with van der Waals surface area (Å²) in [5.41, 5.74) is 3.26. The van der Waals surface area contributed by atoms with Crippen molar-refractivity contribution in [3.63, 3.8) is 0 Å². The Morgan fingerprint density at radius 3 is 2.88 bits per heavy atom. The number of aryl methyl sites for hydroxylation is 1. The van der Waals surface area contributed by atoms with E-state index in [4.69, 9.17) is 11.6 Å². The zero-order valence-corrected chi connectivity index (χ0v) is 15.8. The lowest BCUT2D eigenvalue weighted by molar-refractivity contribution is -0.127. The first-order valence-electron chi connectivity index (χ1n) is 7.50. The maximum Gasteiger partial charge on any atom is 0.233 e. The summed E-state index contributed by atoms with van der Waals surface area (Å²) in [6.07, 6.45) is 0. The van der Waals surface area contributed by atoms with Gasteiger partial charge in [-0.2, -0.15) is 0 Å². The lowest BCUT2D eigenvalue weighted by atomic mass is 10.1. The van der Waals surface area contributed by atoms with Gasteiger partial charge in [0.1, 0.15) is 0 Å². The molecule has 0 saturated heterocycles. The lowest BCUT2D eigenvalue weighted by Crippen LogP contribution is -2.28. The van der Waals surface area contributed by atoms with E-state index in [1.54, 1.807) is 16.2 Å². The van der Waals surface area contributed by atoms with Crippen molar-refractivity contribution in [1.29, 1.82) is 0 Å². The molecule has 0 aliphatic carbocycles. The molecule has 0 bridgehead atoms. The number of nitrogens with zero attached hydrogens (tertiary/aromatic N) is 2. The number of thioether (sulfide) groups is 1. The van der Waals surface area contributed by atoms with Crippen LogP contribution < -0.4 is 0 Å². The molecule has 1 aromatic heterocycles. The van der Waals surface area contributed by atoms with Gasteiger partial charge >= 0.3 is 0 Å². The molecule has 0 aliphatic heterocycles. The van der Waals surface area contributed by atoms with Gasteiger partial charge in [0.2, 0.25) is 5.91 Å². The van der Waals surface area contributed by atoms with Gasteiger partial charge in [-0.05, 0) is 36.2 Å². The molecule has 0 spiro atoms. The van der Waals surface area contributed by atoms with Crippen LogP contribution in [0, 0.1) is 6.92 Å². The minimum absolute atomic E-state index is 0.0977. The standard InChI is InChI=1S/C18H17ClN2OS2/c1-12-5-3-4-6-13(12)10-21(2)17(22)11-23-18-20-15-9-14(19)7-8-16(15)24-18/h3-9H,10-11H2,1-2H3. The summed E-state index contributed by atoms with van der Waals surface area (Å²) in [5, 5.41) is 0.679. The summed E-state index contributed by atoms with van der Waals surface area (Å²) in [4.78, 5) is 18.7. The molecular formula is C18H17ClN2OS2. The largest absolute Gasteiger partial charge is 0.341 e. The van der Waals surface area contributed by atoms with Gasteiger partial charge in [-0.1, -0.05) is 47.6 Å². The first-order valence-corrected chi connectivity index (χ1v) is 9.68. The molecule has 3 aromatic rings. The maximum atomic E-state index is 12.4. The van der Waals surface area contributed by atoms with E-state index in [1.165, 1.54) is 22.9 Å². The minimum atomic E-state index is 0.0977. The van der Waals surface area contributed by atoms with Crippen molar-refractivity contribution in [3.8, 4) is 0 Å². The topological polar surface area (TPSA) is 33.2 Å². The molecule has 0 saturated carbocycles. The van der Waals surface area contributed by atoms with Crippen LogP contribution >= 0.6 is 34.7 Å². The number of hydrogen-bond donors (Lipinski definition) is 0. The van der Waals surface area contributed by atoms with E-state index in [-0.39, 0.29) is 5.91 Å². The fraction of sp³-hybridized carbons (Fsp3) is 0.222. The van der Waals surface area contributed by atoms with Crippen LogP contribution in [0.3, 0.4) is 0 Å². The molecule has 0 aliphatic rings. The summed E-state index contributed by atoms with van der Waals surface area (Å²) in [7, 11) is 1.84. The normalized spacial score (nSPS) is 11.0. The summed E-state index contributed by atoms with van der Waals surface area (Å²) in [5.74, 6) is 0.483. The third kappa shape index (κ3) is 4.09. The third-order valence-corrected chi connectivity index (χ3v) is 6.14. The molecule has 0 N–H and O–H groups in total. The lowest BCUT2D eigenvalue weighted by Gasteiger charge is -2.18. The molecule has 124 valence electrons. The van der Waals surface area contributed by atoms with E-state index < -0.39 is 0 Å². The SMILES string of the molecule is Cc1ccccc1CN(C)C(=O)CSc1nc2cc(Cl)ccc2s1. The minimum Gasteiger partial charge on any atom is -0.341 e. The summed E-state index contributed by atoms with van der Waals surface area (Å²) < 4.78 is 1.98. The molecule has 0 fully saturated rings. The van der Waals surface area contributed by atoms with Crippen molar-refractivity contribution in [2.24, 2.45) is 0 Å². The molecule has 3 nitrogen and oxygen atoms in total. The second kappa shape index (κ2) is 7.55. The first-order chi connectivity index (χ1) is 11.5. The summed E-state index contributed by atoms with van der Waals surface area (Å²) >= 11 is 9.05. The van der Waals surface area contributed by atoms with Gasteiger partial charge in [-0.15, -0.1) is 11.3 Å². The van der Waals surface area contributed by atoms with E-state index in [0.717, 1.165) is 14.6 Å². The number of amides is 1.